The number of nitrogens with zero attached hydrogens (tertiary/aromatic N) is 2. The van der Waals surface area contributed by atoms with Crippen LogP contribution in [0.3, 0.4) is 0 Å². The number of carbonyl (C=O) groups excluding carboxylic acids is 2. The number of rotatable bonds is 4. The van der Waals surface area contributed by atoms with E-state index in [9.17, 15) is 9.59 Å². The lowest BCUT2D eigenvalue weighted by Crippen LogP contribution is -2.46. The highest BCUT2D eigenvalue weighted by atomic mass is 16.5. The monoisotopic (exact) mass is 378 g/mol. The van der Waals surface area contributed by atoms with Gasteiger partial charge in [-0.05, 0) is 30.0 Å². The minimum atomic E-state index is -0.864. The minimum Gasteiger partial charge on any atom is -0.380 e. The van der Waals surface area contributed by atoms with Crippen LogP contribution in [0, 0.1) is 0 Å². The van der Waals surface area contributed by atoms with Crippen molar-refractivity contribution in [2.45, 2.75) is 24.7 Å². The maximum absolute atomic E-state index is 13.5. The van der Waals surface area contributed by atoms with E-state index in [1.807, 2.05) is 59.5 Å². The molecule has 1 unspecified atom stereocenters. The van der Waals surface area contributed by atoms with Crippen molar-refractivity contribution in [1.82, 2.24) is 4.90 Å². The highest BCUT2D eigenvalue weighted by Gasteiger charge is 2.51. The Balaban J connectivity index is 1.72. The zero-order valence-electron chi connectivity index (χ0n) is 16.3. The van der Waals surface area contributed by atoms with Crippen molar-refractivity contribution in [2.75, 3.05) is 38.3 Å². The fraction of sp³-hybridized carbons (Fsp3) is 0.391. The van der Waals surface area contributed by atoms with Crippen LogP contribution in [0.5, 0.6) is 0 Å². The molecule has 2 aromatic carbocycles. The van der Waals surface area contributed by atoms with E-state index in [0.717, 1.165) is 23.2 Å². The molecule has 5 heteroatoms. The standard InChI is InChI=1S/C23H26N2O3/c1-24-20-11-6-5-10-19(20)23(22(24)27,16-18-8-3-2-4-9-18)17-21(26)25-12-7-14-28-15-13-25/h2-6,8-11H,7,12-17H2,1H3. The van der Waals surface area contributed by atoms with Gasteiger partial charge in [0.05, 0.1) is 12.0 Å². The van der Waals surface area contributed by atoms with Crippen molar-refractivity contribution >= 4 is 17.5 Å². The van der Waals surface area contributed by atoms with E-state index in [2.05, 4.69) is 0 Å². The average Bonchev–Trinajstić information content (AvgIpc) is 2.93. The summed E-state index contributed by atoms with van der Waals surface area (Å²) in [6, 6.07) is 17.8. The first-order valence-electron chi connectivity index (χ1n) is 9.89. The summed E-state index contributed by atoms with van der Waals surface area (Å²) >= 11 is 0. The summed E-state index contributed by atoms with van der Waals surface area (Å²) in [6.07, 6.45) is 1.54. The molecule has 2 aliphatic heterocycles. The van der Waals surface area contributed by atoms with Gasteiger partial charge in [-0.1, -0.05) is 48.5 Å². The Morgan fingerprint density at radius 2 is 1.79 bits per heavy atom. The number of anilines is 1. The Bertz CT molecular complexity index is 859. The van der Waals surface area contributed by atoms with E-state index in [-0.39, 0.29) is 18.2 Å². The van der Waals surface area contributed by atoms with Crippen molar-refractivity contribution in [3.05, 3.63) is 65.7 Å². The van der Waals surface area contributed by atoms with E-state index in [4.69, 9.17) is 4.74 Å². The molecule has 2 aromatic rings. The fourth-order valence-corrected chi connectivity index (χ4v) is 4.43. The largest absolute Gasteiger partial charge is 0.380 e. The molecule has 2 heterocycles. The number of carbonyl (C=O) groups is 2. The third-order valence-electron chi connectivity index (χ3n) is 5.87. The van der Waals surface area contributed by atoms with Gasteiger partial charge in [0, 0.05) is 38.9 Å². The highest BCUT2D eigenvalue weighted by Crippen LogP contribution is 2.45. The first kappa shape index (κ1) is 18.7. The van der Waals surface area contributed by atoms with Gasteiger partial charge in [0.25, 0.3) is 0 Å². The molecule has 1 atom stereocenters. The van der Waals surface area contributed by atoms with Crippen molar-refractivity contribution in [3.8, 4) is 0 Å². The van der Waals surface area contributed by atoms with Gasteiger partial charge in [0.1, 0.15) is 0 Å². The minimum absolute atomic E-state index is 0.00280. The molecule has 2 amide bonds. The van der Waals surface area contributed by atoms with E-state index in [1.54, 1.807) is 11.9 Å². The number of para-hydroxylation sites is 1. The SMILES string of the molecule is CN1C(=O)C(CC(=O)N2CCCOCC2)(Cc2ccccc2)c2ccccc21. The third-order valence-corrected chi connectivity index (χ3v) is 5.87. The highest BCUT2D eigenvalue weighted by molar-refractivity contribution is 6.09. The van der Waals surface area contributed by atoms with Crippen molar-refractivity contribution in [2.24, 2.45) is 0 Å². The van der Waals surface area contributed by atoms with Crippen LogP contribution >= 0.6 is 0 Å². The van der Waals surface area contributed by atoms with Crippen LogP contribution in [0.1, 0.15) is 24.0 Å². The number of fused-ring (bicyclic) bond motifs is 1. The summed E-state index contributed by atoms with van der Waals surface area (Å²) < 4.78 is 5.49. The van der Waals surface area contributed by atoms with Crippen LogP contribution in [0.15, 0.2) is 54.6 Å². The van der Waals surface area contributed by atoms with Crippen molar-refractivity contribution in [1.29, 1.82) is 0 Å². The molecule has 1 fully saturated rings. The summed E-state index contributed by atoms with van der Waals surface area (Å²) in [5, 5.41) is 0. The molecule has 0 N–H and O–H groups in total. The van der Waals surface area contributed by atoms with Gasteiger partial charge in [0.2, 0.25) is 11.8 Å². The van der Waals surface area contributed by atoms with Crippen LogP contribution in [0.2, 0.25) is 0 Å². The fourth-order valence-electron chi connectivity index (χ4n) is 4.43. The molecule has 1 saturated heterocycles. The van der Waals surface area contributed by atoms with Gasteiger partial charge < -0.3 is 14.5 Å². The Morgan fingerprint density at radius 3 is 2.61 bits per heavy atom. The lowest BCUT2D eigenvalue weighted by Gasteiger charge is -2.31. The van der Waals surface area contributed by atoms with Crippen LogP contribution in [0.25, 0.3) is 0 Å². The number of benzene rings is 2. The van der Waals surface area contributed by atoms with Crippen LogP contribution < -0.4 is 4.90 Å². The van der Waals surface area contributed by atoms with Gasteiger partial charge in [-0.15, -0.1) is 0 Å². The van der Waals surface area contributed by atoms with Gasteiger partial charge in [0.15, 0.2) is 0 Å². The molecular weight excluding hydrogens is 352 g/mol. The summed E-state index contributed by atoms with van der Waals surface area (Å²) in [7, 11) is 1.80. The van der Waals surface area contributed by atoms with Gasteiger partial charge in [-0.2, -0.15) is 0 Å². The van der Waals surface area contributed by atoms with E-state index in [0.29, 0.717) is 32.7 Å². The Hall–Kier alpha value is -2.66. The summed E-state index contributed by atoms with van der Waals surface area (Å²) in [6.45, 7) is 2.52. The first-order chi connectivity index (χ1) is 13.6. The van der Waals surface area contributed by atoms with Crippen LogP contribution in [-0.2, 0) is 26.2 Å². The van der Waals surface area contributed by atoms with E-state index < -0.39 is 5.41 Å². The topological polar surface area (TPSA) is 49.9 Å². The average molecular weight is 378 g/mol. The molecular formula is C23H26N2O3. The maximum atomic E-state index is 13.5. The van der Waals surface area contributed by atoms with E-state index in [1.165, 1.54) is 0 Å². The zero-order valence-corrected chi connectivity index (χ0v) is 16.3. The smallest absolute Gasteiger partial charge is 0.238 e. The van der Waals surface area contributed by atoms with Gasteiger partial charge in [-0.25, -0.2) is 0 Å². The van der Waals surface area contributed by atoms with Crippen molar-refractivity contribution < 1.29 is 14.3 Å². The second-order valence-electron chi connectivity index (χ2n) is 7.65. The van der Waals surface area contributed by atoms with E-state index >= 15 is 0 Å². The zero-order chi connectivity index (χ0) is 19.6. The third kappa shape index (κ3) is 3.31. The molecule has 4 rings (SSSR count). The number of likely N-dealkylation sites (N-methyl/N-ethyl adjacent to an activating group) is 1. The molecule has 0 saturated carbocycles. The quantitative estimate of drug-likeness (QED) is 0.822. The number of hydrogen-bond donors (Lipinski definition) is 0. The Morgan fingerprint density at radius 1 is 1.04 bits per heavy atom. The summed E-state index contributed by atoms with van der Waals surface area (Å²) in [4.78, 5) is 30.3. The van der Waals surface area contributed by atoms with Gasteiger partial charge >= 0.3 is 0 Å². The molecule has 0 radical (unpaired) electrons. The molecule has 146 valence electrons. The molecule has 0 aromatic heterocycles. The Kier molecular flexibility index (Phi) is 5.18. The van der Waals surface area contributed by atoms with Crippen LogP contribution in [0.4, 0.5) is 5.69 Å². The summed E-state index contributed by atoms with van der Waals surface area (Å²) in [5.41, 5.74) is 2.05. The lowest BCUT2D eigenvalue weighted by atomic mass is 9.73. The number of amides is 2. The molecule has 0 spiro atoms. The molecule has 0 aliphatic carbocycles. The molecule has 2 aliphatic rings. The van der Waals surface area contributed by atoms with Gasteiger partial charge in [-0.3, -0.25) is 9.59 Å². The first-order valence-corrected chi connectivity index (χ1v) is 9.89. The number of hydrogen-bond acceptors (Lipinski definition) is 3. The molecule has 28 heavy (non-hydrogen) atoms. The predicted molar refractivity (Wildman–Crippen MR) is 108 cm³/mol. The summed E-state index contributed by atoms with van der Waals surface area (Å²) in [5.74, 6) is 0.0249. The van der Waals surface area contributed by atoms with Crippen molar-refractivity contribution in [3.63, 3.8) is 0 Å². The normalized spacial score (nSPS) is 22.1. The number of ether oxygens (including phenoxy) is 1. The maximum Gasteiger partial charge on any atom is 0.238 e. The second-order valence-corrected chi connectivity index (χ2v) is 7.65. The lowest BCUT2D eigenvalue weighted by molar-refractivity contribution is -0.136. The predicted octanol–water partition coefficient (Wildman–Crippen LogP) is 2.78. The molecule has 0 bridgehead atoms. The van der Waals surface area contributed by atoms with Crippen LogP contribution in [-0.4, -0.2) is 50.1 Å². The Labute approximate surface area is 165 Å². The molecule has 5 nitrogen and oxygen atoms in total. The second kappa shape index (κ2) is 7.76.